The van der Waals surface area contributed by atoms with Gasteiger partial charge in [-0.2, -0.15) is 0 Å². The Balaban J connectivity index is 3.06. The van der Waals surface area contributed by atoms with Gasteiger partial charge in [-0.15, -0.1) is 0 Å². The van der Waals surface area contributed by atoms with Gasteiger partial charge in [0.2, 0.25) is 0 Å². The molecule has 0 radical (unpaired) electrons. The molecule has 0 saturated carbocycles. The minimum absolute atomic E-state index is 0.135. The van der Waals surface area contributed by atoms with E-state index in [0.29, 0.717) is 12.4 Å². The highest BCUT2D eigenvalue weighted by Gasteiger charge is 2.14. The second-order valence-electron chi connectivity index (χ2n) is 4.85. The minimum atomic E-state index is -0.135. The highest BCUT2D eigenvalue weighted by Crippen LogP contribution is 2.25. The fourth-order valence-corrected chi connectivity index (χ4v) is 2.20. The summed E-state index contributed by atoms with van der Waals surface area (Å²) in [7, 11) is 5.84. The summed E-state index contributed by atoms with van der Waals surface area (Å²) in [5.74, 6) is -0.135. The minimum Gasteiger partial charge on any atom is -0.356 e. The number of benzene rings is 1. The van der Waals surface area contributed by atoms with Crippen LogP contribution in [0.15, 0.2) is 12.1 Å². The van der Waals surface area contributed by atoms with E-state index >= 15 is 0 Å². The van der Waals surface area contributed by atoms with Crippen LogP contribution in [0.5, 0.6) is 0 Å². The van der Waals surface area contributed by atoms with E-state index in [2.05, 4.69) is 11.4 Å². The average Bonchev–Trinajstić information content (AvgIpc) is 2.25. The molecule has 0 heterocycles. The van der Waals surface area contributed by atoms with Gasteiger partial charge in [0.15, 0.2) is 0 Å². The van der Waals surface area contributed by atoms with Crippen molar-refractivity contribution in [1.82, 2.24) is 10.2 Å². The van der Waals surface area contributed by atoms with Gasteiger partial charge in [-0.25, -0.2) is 4.39 Å². The maximum absolute atomic E-state index is 14.2. The molecule has 1 aromatic rings. The number of rotatable bonds is 6. The molecular formula is C14H24FN3. The van der Waals surface area contributed by atoms with Crippen molar-refractivity contribution in [3.8, 4) is 0 Å². The van der Waals surface area contributed by atoms with Gasteiger partial charge in [0, 0.05) is 13.1 Å². The van der Waals surface area contributed by atoms with E-state index in [1.807, 2.05) is 44.8 Å². The van der Waals surface area contributed by atoms with Crippen LogP contribution in [0.2, 0.25) is 0 Å². The zero-order chi connectivity index (χ0) is 13.7. The molecule has 1 rings (SSSR count). The van der Waals surface area contributed by atoms with Crippen LogP contribution in [-0.2, 0) is 6.54 Å². The van der Waals surface area contributed by atoms with E-state index in [-0.39, 0.29) is 5.82 Å². The molecule has 0 atom stereocenters. The predicted octanol–water partition coefficient (Wildman–Crippen LogP) is 2.20. The third-order valence-corrected chi connectivity index (χ3v) is 2.86. The Hall–Kier alpha value is -1.13. The lowest BCUT2D eigenvalue weighted by Gasteiger charge is -2.25. The van der Waals surface area contributed by atoms with Gasteiger partial charge >= 0.3 is 0 Å². The standard InChI is InChI=1S/C14H24FN3/c1-6-18(10-16-3)14-11(2)7-12(8-13(14)15)9-17(4)5/h7-8,16H,6,9-10H2,1-5H3. The topological polar surface area (TPSA) is 18.5 Å². The molecule has 0 fully saturated rings. The van der Waals surface area contributed by atoms with E-state index in [4.69, 9.17) is 0 Å². The highest BCUT2D eigenvalue weighted by molar-refractivity contribution is 5.55. The first-order chi connectivity index (χ1) is 8.49. The van der Waals surface area contributed by atoms with E-state index in [1.165, 1.54) is 0 Å². The van der Waals surface area contributed by atoms with Crippen molar-refractivity contribution in [2.75, 3.05) is 39.3 Å². The summed E-state index contributed by atoms with van der Waals surface area (Å²) in [5, 5.41) is 3.07. The number of nitrogens with one attached hydrogen (secondary N) is 1. The molecule has 0 aliphatic heterocycles. The molecule has 1 aromatic carbocycles. The lowest BCUT2D eigenvalue weighted by molar-refractivity contribution is 0.401. The van der Waals surface area contributed by atoms with E-state index in [0.717, 1.165) is 24.2 Å². The van der Waals surface area contributed by atoms with Crippen molar-refractivity contribution in [3.63, 3.8) is 0 Å². The Kier molecular flexibility index (Phi) is 5.56. The molecule has 0 saturated heterocycles. The summed E-state index contributed by atoms with van der Waals surface area (Å²) in [6, 6.07) is 3.71. The van der Waals surface area contributed by atoms with Gasteiger partial charge < -0.3 is 15.1 Å². The molecule has 0 aliphatic rings. The number of halogens is 1. The zero-order valence-electron chi connectivity index (χ0n) is 12.0. The van der Waals surface area contributed by atoms with Gasteiger partial charge in [0.1, 0.15) is 5.82 Å². The summed E-state index contributed by atoms with van der Waals surface area (Å²) < 4.78 is 14.2. The molecule has 1 N–H and O–H groups in total. The fourth-order valence-electron chi connectivity index (χ4n) is 2.20. The molecule has 0 aliphatic carbocycles. The molecule has 4 heteroatoms. The van der Waals surface area contributed by atoms with Crippen molar-refractivity contribution in [3.05, 3.63) is 29.1 Å². The van der Waals surface area contributed by atoms with Crippen molar-refractivity contribution in [2.24, 2.45) is 0 Å². The monoisotopic (exact) mass is 253 g/mol. The average molecular weight is 253 g/mol. The first-order valence-electron chi connectivity index (χ1n) is 6.32. The number of anilines is 1. The van der Waals surface area contributed by atoms with Gasteiger partial charge in [-0.1, -0.05) is 6.07 Å². The van der Waals surface area contributed by atoms with Crippen molar-refractivity contribution in [2.45, 2.75) is 20.4 Å². The fraction of sp³-hybridized carbons (Fsp3) is 0.571. The van der Waals surface area contributed by atoms with Gasteiger partial charge in [-0.05, 0) is 52.2 Å². The van der Waals surface area contributed by atoms with E-state index in [1.54, 1.807) is 6.07 Å². The van der Waals surface area contributed by atoms with Crippen LogP contribution in [0, 0.1) is 12.7 Å². The lowest BCUT2D eigenvalue weighted by atomic mass is 10.1. The first-order valence-corrected chi connectivity index (χ1v) is 6.32. The summed E-state index contributed by atoms with van der Waals surface area (Å²) in [6.07, 6.45) is 0. The molecule has 0 unspecified atom stereocenters. The molecule has 3 nitrogen and oxygen atoms in total. The van der Waals surface area contributed by atoms with Crippen LogP contribution in [0.3, 0.4) is 0 Å². The normalized spacial score (nSPS) is 11.1. The van der Waals surface area contributed by atoms with Crippen LogP contribution in [0.1, 0.15) is 18.1 Å². The molecule has 0 bridgehead atoms. The summed E-state index contributed by atoms with van der Waals surface area (Å²) >= 11 is 0. The highest BCUT2D eigenvalue weighted by atomic mass is 19.1. The Morgan fingerprint density at radius 2 is 1.94 bits per heavy atom. The summed E-state index contributed by atoms with van der Waals surface area (Å²) in [4.78, 5) is 4.04. The summed E-state index contributed by atoms with van der Waals surface area (Å²) in [6.45, 7) is 6.20. The number of aryl methyl sites for hydroxylation is 1. The van der Waals surface area contributed by atoms with Gasteiger partial charge in [-0.3, -0.25) is 0 Å². The number of hydrogen-bond acceptors (Lipinski definition) is 3. The quantitative estimate of drug-likeness (QED) is 0.784. The molecule has 102 valence electrons. The Morgan fingerprint density at radius 3 is 2.39 bits per heavy atom. The third-order valence-electron chi connectivity index (χ3n) is 2.86. The zero-order valence-corrected chi connectivity index (χ0v) is 12.0. The summed E-state index contributed by atoms with van der Waals surface area (Å²) in [5.41, 5.74) is 2.71. The molecule has 0 aromatic heterocycles. The lowest BCUT2D eigenvalue weighted by Crippen LogP contribution is -2.33. The van der Waals surface area contributed by atoms with Crippen molar-refractivity contribution < 1.29 is 4.39 Å². The van der Waals surface area contributed by atoms with Crippen LogP contribution in [-0.4, -0.2) is 39.3 Å². The Labute approximate surface area is 110 Å². The van der Waals surface area contributed by atoms with Crippen molar-refractivity contribution in [1.29, 1.82) is 0 Å². The molecule has 0 amide bonds. The third kappa shape index (κ3) is 3.68. The smallest absolute Gasteiger partial charge is 0.147 e. The Bertz CT molecular complexity index is 368. The van der Waals surface area contributed by atoms with Crippen LogP contribution in [0.25, 0.3) is 0 Å². The largest absolute Gasteiger partial charge is 0.356 e. The first kappa shape index (κ1) is 14.9. The second kappa shape index (κ2) is 6.71. The maximum Gasteiger partial charge on any atom is 0.147 e. The van der Waals surface area contributed by atoms with Crippen LogP contribution in [0.4, 0.5) is 10.1 Å². The van der Waals surface area contributed by atoms with Crippen LogP contribution >= 0.6 is 0 Å². The molecular weight excluding hydrogens is 229 g/mol. The molecule has 18 heavy (non-hydrogen) atoms. The van der Waals surface area contributed by atoms with Crippen LogP contribution < -0.4 is 10.2 Å². The maximum atomic E-state index is 14.2. The Morgan fingerprint density at radius 1 is 1.28 bits per heavy atom. The number of hydrogen-bond donors (Lipinski definition) is 1. The number of nitrogens with zero attached hydrogens (tertiary/aromatic N) is 2. The second-order valence-corrected chi connectivity index (χ2v) is 4.85. The van der Waals surface area contributed by atoms with Gasteiger partial charge in [0.25, 0.3) is 0 Å². The van der Waals surface area contributed by atoms with E-state index in [9.17, 15) is 4.39 Å². The SMILES string of the molecule is CCN(CNC)c1c(C)cc(CN(C)C)cc1F. The van der Waals surface area contributed by atoms with E-state index < -0.39 is 0 Å². The molecule has 0 spiro atoms. The van der Waals surface area contributed by atoms with Crippen molar-refractivity contribution >= 4 is 5.69 Å². The predicted molar refractivity (Wildman–Crippen MR) is 75.5 cm³/mol. The van der Waals surface area contributed by atoms with Gasteiger partial charge in [0.05, 0.1) is 12.4 Å².